The van der Waals surface area contributed by atoms with Crippen molar-refractivity contribution >= 4 is 52.0 Å². The van der Waals surface area contributed by atoms with Crippen LogP contribution in [0.3, 0.4) is 0 Å². The molecule has 0 bridgehead atoms. The number of halogens is 2. The maximum absolute atomic E-state index is 13.0. The van der Waals surface area contributed by atoms with E-state index in [1.807, 2.05) is 11.0 Å². The second-order valence-corrected chi connectivity index (χ2v) is 9.30. The number of carbonyl (C=O) groups excluding carboxylic acids is 2. The minimum absolute atomic E-state index is 0.0108. The average Bonchev–Trinajstić information content (AvgIpc) is 3.30. The predicted octanol–water partition coefficient (Wildman–Crippen LogP) is 4.14. The molecule has 0 aliphatic carbocycles. The van der Waals surface area contributed by atoms with Crippen LogP contribution in [0.4, 0.5) is 5.69 Å². The first kappa shape index (κ1) is 19.7. The third-order valence-electron chi connectivity index (χ3n) is 5.23. The van der Waals surface area contributed by atoms with E-state index in [1.54, 1.807) is 34.4 Å². The van der Waals surface area contributed by atoms with Crippen molar-refractivity contribution in [2.75, 3.05) is 37.6 Å². The third-order valence-corrected chi connectivity index (χ3v) is 6.76. The lowest BCUT2D eigenvalue weighted by Crippen LogP contribution is -2.48. The molecule has 0 atom stereocenters. The molecule has 2 aliphatic rings. The zero-order valence-electron chi connectivity index (χ0n) is 15.4. The second kappa shape index (κ2) is 8.41. The van der Waals surface area contributed by atoms with Crippen LogP contribution in [0.15, 0.2) is 30.3 Å². The van der Waals surface area contributed by atoms with Crippen LogP contribution in [0.1, 0.15) is 28.1 Å². The Hall–Kier alpha value is -1.60. The zero-order valence-corrected chi connectivity index (χ0v) is 17.7. The summed E-state index contributed by atoms with van der Waals surface area (Å²) in [6, 6.07) is 9.19. The molecule has 2 saturated heterocycles. The Balaban J connectivity index is 1.40. The van der Waals surface area contributed by atoms with E-state index in [0.29, 0.717) is 42.3 Å². The topological polar surface area (TPSA) is 43.9 Å². The van der Waals surface area contributed by atoms with Gasteiger partial charge in [-0.25, -0.2) is 0 Å². The second-order valence-electron chi connectivity index (χ2n) is 7.09. The van der Waals surface area contributed by atoms with Gasteiger partial charge in [-0.2, -0.15) is 0 Å². The van der Waals surface area contributed by atoms with E-state index in [9.17, 15) is 9.59 Å². The van der Waals surface area contributed by atoms with Gasteiger partial charge < -0.3 is 9.80 Å². The van der Waals surface area contributed by atoms with E-state index in [2.05, 4.69) is 11.0 Å². The summed E-state index contributed by atoms with van der Waals surface area (Å²) in [5.41, 5.74) is 1.22. The molecule has 0 spiro atoms. The Morgan fingerprint density at radius 3 is 2.46 bits per heavy atom. The summed E-state index contributed by atoms with van der Waals surface area (Å²) in [5, 5.41) is 0.506. The van der Waals surface area contributed by atoms with Crippen molar-refractivity contribution in [3.8, 4) is 0 Å². The van der Waals surface area contributed by atoms with Crippen molar-refractivity contribution < 1.29 is 9.59 Å². The Labute approximate surface area is 178 Å². The number of nitrogens with zero attached hydrogens (tertiary/aromatic N) is 3. The molecule has 2 fully saturated rings. The summed E-state index contributed by atoms with van der Waals surface area (Å²) >= 11 is 13.9. The van der Waals surface area contributed by atoms with Crippen molar-refractivity contribution in [3.63, 3.8) is 0 Å². The number of hydrogen-bond acceptors (Lipinski definition) is 4. The summed E-state index contributed by atoms with van der Waals surface area (Å²) in [4.78, 5) is 32.2. The van der Waals surface area contributed by atoms with Crippen molar-refractivity contribution in [2.45, 2.75) is 19.4 Å². The molecule has 2 aliphatic heterocycles. The molecule has 5 nitrogen and oxygen atoms in total. The van der Waals surface area contributed by atoms with E-state index in [4.69, 9.17) is 23.2 Å². The summed E-state index contributed by atoms with van der Waals surface area (Å²) < 4.78 is 0.804. The van der Waals surface area contributed by atoms with E-state index in [1.165, 1.54) is 4.88 Å². The minimum Gasteiger partial charge on any atom is -0.336 e. The molecule has 148 valence electrons. The van der Waals surface area contributed by atoms with Crippen LogP contribution in [0, 0.1) is 0 Å². The number of carbonyl (C=O) groups is 2. The molecule has 1 aromatic heterocycles. The fourth-order valence-corrected chi connectivity index (χ4v) is 5.05. The highest BCUT2D eigenvalue weighted by Gasteiger charge is 2.26. The number of piperazine rings is 1. The summed E-state index contributed by atoms with van der Waals surface area (Å²) in [6.45, 7) is 4.53. The Kier molecular flexibility index (Phi) is 5.92. The van der Waals surface area contributed by atoms with Crippen LogP contribution in [-0.2, 0) is 11.3 Å². The predicted molar refractivity (Wildman–Crippen MR) is 114 cm³/mol. The average molecular weight is 438 g/mol. The molecule has 8 heteroatoms. The first-order valence-corrected chi connectivity index (χ1v) is 10.9. The van der Waals surface area contributed by atoms with Crippen LogP contribution in [0.2, 0.25) is 9.36 Å². The number of amides is 2. The fraction of sp³-hybridized carbons (Fsp3) is 0.400. The molecule has 1 aromatic carbocycles. The van der Waals surface area contributed by atoms with Crippen molar-refractivity contribution in [3.05, 3.63) is 50.1 Å². The molecule has 4 rings (SSSR count). The van der Waals surface area contributed by atoms with E-state index in [-0.39, 0.29) is 11.8 Å². The van der Waals surface area contributed by atoms with Crippen molar-refractivity contribution in [2.24, 2.45) is 0 Å². The van der Waals surface area contributed by atoms with Crippen molar-refractivity contribution in [1.29, 1.82) is 0 Å². The van der Waals surface area contributed by atoms with Gasteiger partial charge in [0.2, 0.25) is 5.91 Å². The van der Waals surface area contributed by atoms with Gasteiger partial charge in [0.1, 0.15) is 0 Å². The largest absolute Gasteiger partial charge is 0.336 e. The van der Waals surface area contributed by atoms with Crippen LogP contribution in [0.5, 0.6) is 0 Å². The van der Waals surface area contributed by atoms with Gasteiger partial charge in [-0.1, -0.05) is 23.2 Å². The van der Waals surface area contributed by atoms with Crippen LogP contribution >= 0.6 is 34.5 Å². The molecule has 28 heavy (non-hydrogen) atoms. The lowest BCUT2D eigenvalue weighted by molar-refractivity contribution is -0.117. The highest BCUT2D eigenvalue weighted by atomic mass is 35.5. The van der Waals surface area contributed by atoms with Crippen LogP contribution in [0.25, 0.3) is 0 Å². The summed E-state index contributed by atoms with van der Waals surface area (Å²) in [7, 11) is 0. The summed E-state index contributed by atoms with van der Waals surface area (Å²) in [6.07, 6.45) is 1.36. The lowest BCUT2D eigenvalue weighted by Gasteiger charge is -2.34. The van der Waals surface area contributed by atoms with Crippen LogP contribution < -0.4 is 4.90 Å². The Bertz CT molecular complexity index is 893. The first-order valence-electron chi connectivity index (χ1n) is 9.37. The molecule has 0 N–H and O–H groups in total. The van der Waals surface area contributed by atoms with Gasteiger partial charge >= 0.3 is 0 Å². The van der Waals surface area contributed by atoms with Gasteiger partial charge in [-0.05, 0) is 36.8 Å². The smallest absolute Gasteiger partial charge is 0.254 e. The number of benzene rings is 1. The number of anilines is 1. The molecule has 3 heterocycles. The number of thiophene rings is 1. The van der Waals surface area contributed by atoms with Gasteiger partial charge in [0.05, 0.1) is 15.0 Å². The standard InChI is InChI=1S/C20H21Cl2N3O2S/c21-16-5-3-14(12-17(16)25-7-1-2-19(25)26)20(27)24-10-8-23(9-11-24)13-15-4-6-18(22)28-15/h3-6,12H,1-2,7-11,13H2. The maximum atomic E-state index is 13.0. The molecule has 0 radical (unpaired) electrons. The molecular formula is C20H21Cl2N3O2S. The van der Waals surface area contributed by atoms with E-state index < -0.39 is 0 Å². The third kappa shape index (κ3) is 4.20. The SMILES string of the molecule is O=C(c1ccc(Cl)c(N2CCCC2=O)c1)N1CCN(Cc2ccc(Cl)s2)CC1. The maximum Gasteiger partial charge on any atom is 0.254 e. The Morgan fingerprint density at radius 2 is 1.82 bits per heavy atom. The van der Waals surface area contributed by atoms with Gasteiger partial charge in [0, 0.05) is 56.1 Å². The minimum atomic E-state index is -0.0108. The Morgan fingerprint density at radius 1 is 1.04 bits per heavy atom. The molecular weight excluding hydrogens is 417 g/mol. The first-order chi connectivity index (χ1) is 13.5. The lowest BCUT2D eigenvalue weighted by atomic mass is 10.1. The van der Waals surface area contributed by atoms with Gasteiger partial charge in [0.25, 0.3) is 5.91 Å². The highest BCUT2D eigenvalue weighted by molar-refractivity contribution is 7.16. The fourth-order valence-electron chi connectivity index (χ4n) is 3.70. The molecule has 2 aromatic rings. The van der Waals surface area contributed by atoms with Crippen LogP contribution in [-0.4, -0.2) is 54.3 Å². The normalized spacial score (nSPS) is 18.1. The zero-order chi connectivity index (χ0) is 19.7. The number of hydrogen-bond donors (Lipinski definition) is 0. The highest BCUT2D eigenvalue weighted by Crippen LogP contribution is 2.31. The molecule has 0 saturated carbocycles. The summed E-state index contributed by atoms with van der Waals surface area (Å²) in [5.74, 6) is 0.0529. The van der Waals surface area contributed by atoms with Gasteiger partial charge in [-0.3, -0.25) is 14.5 Å². The van der Waals surface area contributed by atoms with Gasteiger partial charge in [-0.15, -0.1) is 11.3 Å². The van der Waals surface area contributed by atoms with Gasteiger partial charge in [0.15, 0.2) is 0 Å². The molecule has 2 amide bonds. The van der Waals surface area contributed by atoms with E-state index >= 15 is 0 Å². The van der Waals surface area contributed by atoms with E-state index in [0.717, 1.165) is 30.4 Å². The van der Waals surface area contributed by atoms with Crippen molar-refractivity contribution in [1.82, 2.24) is 9.80 Å². The molecule has 0 unspecified atom stereocenters. The monoisotopic (exact) mass is 437 g/mol. The number of rotatable bonds is 4. The quantitative estimate of drug-likeness (QED) is 0.721.